The second-order valence-corrected chi connectivity index (χ2v) is 5.35. The van der Waals surface area contributed by atoms with E-state index in [1.54, 1.807) is 12.1 Å². The number of alkyl halides is 4. The molecule has 2 unspecified atom stereocenters. The van der Waals surface area contributed by atoms with Gasteiger partial charge in [0.15, 0.2) is 0 Å². The molecule has 0 aliphatic heterocycles. The van der Waals surface area contributed by atoms with Gasteiger partial charge in [-0.15, -0.1) is 0 Å². The summed E-state index contributed by atoms with van der Waals surface area (Å²) < 4.78 is 38.5. The Morgan fingerprint density at radius 2 is 1.82 bits per heavy atom. The zero-order valence-electron chi connectivity index (χ0n) is 9.89. The standard InChI is InChI=1S/C13H16BrF3/c1-3-6-12(14)9(2)10-7-4-5-8-11(10)13(15,16)17/h4-5,7-9,12H,3,6H2,1-2H3. The summed E-state index contributed by atoms with van der Waals surface area (Å²) in [5.74, 6) is -0.146. The van der Waals surface area contributed by atoms with Gasteiger partial charge in [-0.05, 0) is 24.0 Å². The Morgan fingerprint density at radius 1 is 1.24 bits per heavy atom. The number of benzene rings is 1. The van der Waals surface area contributed by atoms with E-state index in [1.165, 1.54) is 6.07 Å². The predicted molar refractivity (Wildman–Crippen MR) is 67.5 cm³/mol. The molecule has 1 rings (SSSR count). The normalized spacial score (nSPS) is 15.6. The van der Waals surface area contributed by atoms with E-state index < -0.39 is 11.7 Å². The molecule has 0 radical (unpaired) electrons. The molecule has 0 spiro atoms. The topological polar surface area (TPSA) is 0 Å². The van der Waals surface area contributed by atoms with E-state index in [1.807, 2.05) is 13.8 Å². The van der Waals surface area contributed by atoms with Crippen LogP contribution < -0.4 is 0 Å². The second-order valence-electron chi connectivity index (χ2n) is 4.18. The zero-order chi connectivity index (χ0) is 13.1. The van der Waals surface area contributed by atoms with Gasteiger partial charge in [-0.2, -0.15) is 13.2 Å². The molecule has 0 bridgehead atoms. The molecule has 96 valence electrons. The van der Waals surface area contributed by atoms with E-state index >= 15 is 0 Å². The fraction of sp³-hybridized carbons (Fsp3) is 0.538. The lowest BCUT2D eigenvalue weighted by molar-refractivity contribution is -0.138. The lowest BCUT2D eigenvalue weighted by atomic mass is 9.91. The van der Waals surface area contributed by atoms with Crippen molar-refractivity contribution < 1.29 is 13.2 Å². The molecule has 4 heteroatoms. The summed E-state index contributed by atoms with van der Waals surface area (Å²) >= 11 is 3.47. The smallest absolute Gasteiger partial charge is 0.166 e. The van der Waals surface area contributed by atoms with E-state index in [0.717, 1.165) is 18.9 Å². The quantitative estimate of drug-likeness (QED) is 0.656. The van der Waals surface area contributed by atoms with Crippen LogP contribution in [0.1, 0.15) is 43.7 Å². The third kappa shape index (κ3) is 3.73. The summed E-state index contributed by atoms with van der Waals surface area (Å²) in [4.78, 5) is 0.0796. The Balaban J connectivity index is 3.05. The SMILES string of the molecule is CCCC(Br)C(C)c1ccccc1C(F)(F)F. The molecular formula is C13H16BrF3. The van der Waals surface area contributed by atoms with E-state index in [-0.39, 0.29) is 10.7 Å². The molecule has 0 nitrogen and oxygen atoms in total. The van der Waals surface area contributed by atoms with Gasteiger partial charge in [-0.25, -0.2) is 0 Å². The molecular weight excluding hydrogens is 293 g/mol. The van der Waals surface area contributed by atoms with Crippen LogP contribution in [0.5, 0.6) is 0 Å². The van der Waals surface area contributed by atoms with Crippen molar-refractivity contribution >= 4 is 15.9 Å². The molecule has 0 fully saturated rings. The van der Waals surface area contributed by atoms with Crippen molar-refractivity contribution in [3.05, 3.63) is 35.4 Å². The van der Waals surface area contributed by atoms with Gasteiger partial charge in [-0.1, -0.05) is 54.4 Å². The third-order valence-corrected chi connectivity index (χ3v) is 4.11. The van der Waals surface area contributed by atoms with Crippen molar-refractivity contribution in [3.8, 4) is 0 Å². The predicted octanol–water partition coefficient (Wildman–Crippen LogP) is 5.37. The van der Waals surface area contributed by atoms with Gasteiger partial charge >= 0.3 is 6.18 Å². The molecule has 0 aromatic heterocycles. The molecule has 17 heavy (non-hydrogen) atoms. The van der Waals surface area contributed by atoms with E-state index in [4.69, 9.17) is 0 Å². The Hall–Kier alpha value is -0.510. The number of hydrogen-bond donors (Lipinski definition) is 0. The Morgan fingerprint density at radius 3 is 2.35 bits per heavy atom. The van der Waals surface area contributed by atoms with Gasteiger partial charge in [0.05, 0.1) is 5.56 Å². The number of hydrogen-bond acceptors (Lipinski definition) is 0. The minimum absolute atomic E-state index is 0.0796. The Kier molecular flexibility index (Phi) is 5.04. The van der Waals surface area contributed by atoms with Gasteiger partial charge in [0.25, 0.3) is 0 Å². The van der Waals surface area contributed by atoms with Crippen molar-refractivity contribution in [2.75, 3.05) is 0 Å². The largest absolute Gasteiger partial charge is 0.416 e. The Labute approximate surface area is 108 Å². The van der Waals surface area contributed by atoms with E-state index in [2.05, 4.69) is 15.9 Å². The van der Waals surface area contributed by atoms with E-state index in [9.17, 15) is 13.2 Å². The van der Waals surface area contributed by atoms with Crippen molar-refractivity contribution in [1.82, 2.24) is 0 Å². The van der Waals surface area contributed by atoms with Crippen LogP contribution in [0.2, 0.25) is 0 Å². The minimum Gasteiger partial charge on any atom is -0.166 e. The molecule has 0 aliphatic rings. The molecule has 2 atom stereocenters. The molecule has 0 saturated carbocycles. The van der Waals surface area contributed by atoms with Crippen LogP contribution >= 0.6 is 15.9 Å². The number of halogens is 4. The monoisotopic (exact) mass is 308 g/mol. The molecule has 0 heterocycles. The minimum atomic E-state index is -4.27. The Bertz CT molecular complexity index is 360. The van der Waals surface area contributed by atoms with Crippen LogP contribution in [-0.4, -0.2) is 4.83 Å². The highest BCUT2D eigenvalue weighted by Gasteiger charge is 2.35. The maximum Gasteiger partial charge on any atom is 0.416 e. The fourth-order valence-electron chi connectivity index (χ4n) is 1.87. The van der Waals surface area contributed by atoms with Crippen molar-refractivity contribution in [2.45, 2.75) is 43.6 Å². The van der Waals surface area contributed by atoms with Crippen molar-refractivity contribution in [3.63, 3.8) is 0 Å². The molecule has 0 amide bonds. The maximum atomic E-state index is 12.8. The van der Waals surface area contributed by atoms with Crippen LogP contribution in [-0.2, 0) is 6.18 Å². The zero-order valence-corrected chi connectivity index (χ0v) is 11.5. The summed E-state index contributed by atoms with van der Waals surface area (Å²) in [7, 11) is 0. The molecule has 0 aliphatic carbocycles. The summed E-state index contributed by atoms with van der Waals surface area (Å²) in [5, 5.41) is 0. The van der Waals surface area contributed by atoms with Gasteiger partial charge < -0.3 is 0 Å². The molecule has 0 N–H and O–H groups in total. The van der Waals surface area contributed by atoms with Crippen LogP contribution in [0, 0.1) is 0 Å². The molecule has 0 saturated heterocycles. The number of rotatable bonds is 4. The van der Waals surface area contributed by atoms with Crippen molar-refractivity contribution in [1.29, 1.82) is 0 Å². The van der Waals surface area contributed by atoms with Crippen molar-refractivity contribution in [2.24, 2.45) is 0 Å². The lowest BCUT2D eigenvalue weighted by Crippen LogP contribution is -2.16. The average Bonchev–Trinajstić information content (AvgIpc) is 2.27. The fourth-order valence-corrected chi connectivity index (χ4v) is 2.62. The summed E-state index contributed by atoms with van der Waals surface area (Å²) in [6, 6.07) is 5.81. The van der Waals surface area contributed by atoms with Gasteiger partial charge in [0, 0.05) is 4.83 Å². The first kappa shape index (κ1) is 14.6. The first-order chi connectivity index (χ1) is 7.88. The first-order valence-electron chi connectivity index (χ1n) is 5.68. The van der Waals surface area contributed by atoms with Crippen LogP contribution in [0.3, 0.4) is 0 Å². The highest BCUT2D eigenvalue weighted by Crippen LogP contribution is 2.38. The summed E-state index contributed by atoms with van der Waals surface area (Å²) in [5.41, 5.74) is -0.150. The highest BCUT2D eigenvalue weighted by atomic mass is 79.9. The van der Waals surface area contributed by atoms with Gasteiger partial charge in [-0.3, -0.25) is 0 Å². The highest BCUT2D eigenvalue weighted by molar-refractivity contribution is 9.09. The first-order valence-corrected chi connectivity index (χ1v) is 6.59. The van der Waals surface area contributed by atoms with Crippen LogP contribution in [0.15, 0.2) is 24.3 Å². The van der Waals surface area contributed by atoms with E-state index in [0.29, 0.717) is 5.56 Å². The molecule has 1 aromatic rings. The summed E-state index contributed by atoms with van der Waals surface area (Å²) in [6.45, 7) is 3.86. The van der Waals surface area contributed by atoms with Crippen LogP contribution in [0.25, 0.3) is 0 Å². The third-order valence-electron chi connectivity index (χ3n) is 2.86. The van der Waals surface area contributed by atoms with Crippen LogP contribution in [0.4, 0.5) is 13.2 Å². The second kappa shape index (κ2) is 5.89. The van der Waals surface area contributed by atoms with Gasteiger partial charge in [0.2, 0.25) is 0 Å². The summed E-state index contributed by atoms with van der Waals surface area (Å²) in [6.07, 6.45) is -2.45. The maximum absolute atomic E-state index is 12.8. The molecule has 1 aromatic carbocycles. The van der Waals surface area contributed by atoms with Gasteiger partial charge in [0.1, 0.15) is 0 Å². The lowest BCUT2D eigenvalue weighted by Gasteiger charge is -2.22. The average molecular weight is 309 g/mol.